The largest absolute Gasteiger partial charge is 0.361 e. The highest BCUT2D eigenvalue weighted by Crippen LogP contribution is 2.36. The van der Waals surface area contributed by atoms with Gasteiger partial charge in [0.2, 0.25) is 0 Å². The van der Waals surface area contributed by atoms with Crippen molar-refractivity contribution < 1.29 is 0 Å². The quantitative estimate of drug-likeness (QED) is 0.673. The zero-order chi connectivity index (χ0) is 17.1. The SMILES string of the molecule is CN1CC(c2ccccc2)N(c2ccccc2)CC1c1ccccc1. The fourth-order valence-electron chi connectivity index (χ4n) is 3.85. The van der Waals surface area contributed by atoms with Crippen molar-refractivity contribution in [1.29, 1.82) is 0 Å². The summed E-state index contributed by atoms with van der Waals surface area (Å²) in [5.41, 5.74) is 4.06. The maximum atomic E-state index is 2.56. The maximum absolute atomic E-state index is 2.56. The van der Waals surface area contributed by atoms with Crippen LogP contribution in [-0.4, -0.2) is 25.0 Å². The Morgan fingerprint density at radius 1 is 0.600 bits per heavy atom. The third kappa shape index (κ3) is 3.31. The van der Waals surface area contributed by atoms with Gasteiger partial charge in [-0.25, -0.2) is 0 Å². The molecule has 0 spiro atoms. The smallest absolute Gasteiger partial charge is 0.0670 e. The monoisotopic (exact) mass is 328 g/mol. The lowest BCUT2D eigenvalue weighted by molar-refractivity contribution is 0.188. The van der Waals surface area contributed by atoms with Crippen LogP contribution in [0.15, 0.2) is 91.0 Å². The first-order chi connectivity index (χ1) is 12.3. The molecule has 0 N–H and O–H groups in total. The molecular weight excluding hydrogens is 304 g/mol. The average Bonchev–Trinajstić information content (AvgIpc) is 2.70. The Bertz CT molecular complexity index is 786. The van der Waals surface area contributed by atoms with Crippen LogP contribution in [0.3, 0.4) is 0 Å². The summed E-state index contributed by atoms with van der Waals surface area (Å²) in [6.45, 7) is 2.00. The van der Waals surface area contributed by atoms with E-state index in [2.05, 4.69) is 108 Å². The Balaban J connectivity index is 1.71. The molecule has 1 aliphatic heterocycles. The molecule has 2 unspecified atom stereocenters. The molecule has 0 amide bonds. The number of benzene rings is 3. The molecule has 0 aliphatic carbocycles. The van der Waals surface area contributed by atoms with Crippen molar-refractivity contribution in [1.82, 2.24) is 4.90 Å². The van der Waals surface area contributed by atoms with E-state index >= 15 is 0 Å². The number of nitrogens with zero attached hydrogens (tertiary/aromatic N) is 2. The molecule has 3 aromatic rings. The minimum absolute atomic E-state index is 0.369. The second-order valence-electron chi connectivity index (χ2n) is 6.78. The Morgan fingerprint density at radius 2 is 1.08 bits per heavy atom. The highest BCUT2D eigenvalue weighted by molar-refractivity contribution is 5.50. The van der Waals surface area contributed by atoms with Gasteiger partial charge in [0.05, 0.1) is 12.1 Å². The van der Waals surface area contributed by atoms with Gasteiger partial charge in [-0.2, -0.15) is 0 Å². The van der Waals surface area contributed by atoms with Gasteiger partial charge in [0, 0.05) is 18.8 Å². The predicted molar refractivity (Wildman–Crippen MR) is 105 cm³/mol. The summed E-state index contributed by atoms with van der Waals surface area (Å²) in [5, 5.41) is 0. The molecule has 0 bridgehead atoms. The second-order valence-corrected chi connectivity index (χ2v) is 6.78. The topological polar surface area (TPSA) is 6.48 Å². The van der Waals surface area contributed by atoms with E-state index in [1.54, 1.807) is 0 Å². The number of rotatable bonds is 3. The predicted octanol–water partition coefficient (Wildman–Crippen LogP) is 4.92. The standard InChI is InChI=1S/C23H24N2/c1-24-17-23(20-13-7-3-8-14-20)25(21-15-9-4-10-16-21)18-22(24)19-11-5-2-6-12-19/h2-16,22-23H,17-18H2,1H3. The van der Waals surface area contributed by atoms with Crippen molar-refractivity contribution in [2.75, 3.05) is 25.0 Å². The molecule has 2 heteroatoms. The fourth-order valence-corrected chi connectivity index (χ4v) is 3.85. The number of anilines is 1. The van der Waals surface area contributed by atoms with E-state index in [0.717, 1.165) is 13.1 Å². The number of hydrogen-bond acceptors (Lipinski definition) is 2. The van der Waals surface area contributed by atoms with Gasteiger partial charge in [0.15, 0.2) is 0 Å². The zero-order valence-corrected chi connectivity index (χ0v) is 14.6. The van der Waals surface area contributed by atoms with E-state index in [4.69, 9.17) is 0 Å². The Labute approximate surface area is 150 Å². The van der Waals surface area contributed by atoms with Gasteiger partial charge in [-0.3, -0.25) is 4.90 Å². The van der Waals surface area contributed by atoms with E-state index in [1.165, 1.54) is 16.8 Å². The van der Waals surface area contributed by atoms with Crippen LogP contribution in [0.2, 0.25) is 0 Å². The van der Waals surface area contributed by atoms with Gasteiger partial charge in [-0.15, -0.1) is 0 Å². The number of piperazine rings is 1. The van der Waals surface area contributed by atoms with Gasteiger partial charge < -0.3 is 4.90 Å². The number of para-hydroxylation sites is 1. The molecule has 0 saturated carbocycles. The van der Waals surface area contributed by atoms with E-state index in [-0.39, 0.29) is 0 Å². The summed E-state index contributed by atoms with van der Waals surface area (Å²) in [6.07, 6.45) is 0. The van der Waals surface area contributed by atoms with E-state index in [1.807, 2.05) is 0 Å². The zero-order valence-electron chi connectivity index (χ0n) is 14.6. The number of hydrogen-bond donors (Lipinski definition) is 0. The average molecular weight is 328 g/mol. The summed E-state index contributed by atoms with van der Waals surface area (Å²) in [6, 6.07) is 33.3. The first-order valence-electron chi connectivity index (χ1n) is 8.95. The van der Waals surface area contributed by atoms with E-state index in [0.29, 0.717) is 12.1 Å². The van der Waals surface area contributed by atoms with Crippen LogP contribution in [0, 0.1) is 0 Å². The van der Waals surface area contributed by atoms with Crippen molar-refractivity contribution in [3.8, 4) is 0 Å². The van der Waals surface area contributed by atoms with Crippen LogP contribution in [0.5, 0.6) is 0 Å². The van der Waals surface area contributed by atoms with Crippen LogP contribution in [0.25, 0.3) is 0 Å². The summed E-state index contributed by atoms with van der Waals surface area (Å²) in [7, 11) is 2.25. The van der Waals surface area contributed by atoms with Crippen LogP contribution in [-0.2, 0) is 0 Å². The van der Waals surface area contributed by atoms with Crippen molar-refractivity contribution in [3.63, 3.8) is 0 Å². The van der Waals surface area contributed by atoms with E-state index < -0.39 is 0 Å². The van der Waals surface area contributed by atoms with Crippen LogP contribution in [0.4, 0.5) is 5.69 Å². The highest BCUT2D eigenvalue weighted by atomic mass is 15.3. The third-order valence-electron chi connectivity index (χ3n) is 5.20. The first-order valence-corrected chi connectivity index (χ1v) is 8.95. The maximum Gasteiger partial charge on any atom is 0.0670 e. The lowest BCUT2D eigenvalue weighted by atomic mass is 9.95. The minimum atomic E-state index is 0.369. The number of likely N-dealkylation sites (N-methyl/N-ethyl adjacent to an activating group) is 1. The highest BCUT2D eigenvalue weighted by Gasteiger charge is 2.33. The molecule has 2 atom stereocenters. The Morgan fingerprint density at radius 3 is 1.64 bits per heavy atom. The molecule has 0 aromatic heterocycles. The molecule has 1 heterocycles. The summed E-state index contributed by atoms with van der Waals surface area (Å²) in [5.74, 6) is 0. The first kappa shape index (κ1) is 15.9. The Kier molecular flexibility index (Phi) is 4.53. The van der Waals surface area contributed by atoms with Gasteiger partial charge >= 0.3 is 0 Å². The van der Waals surface area contributed by atoms with Crippen molar-refractivity contribution >= 4 is 5.69 Å². The van der Waals surface area contributed by atoms with Crippen LogP contribution >= 0.6 is 0 Å². The van der Waals surface area contributed by atoms with Crippen molar-refractivity contribution in [3.05, 3.63) is 102 Å². The van der Waals surface area contributed by atoms with Gasteiger partial charge in [0.1, 0.15) is 0 Å². The molecule has 3 aromatic carbocycles. The summed E-state index contributed by atoms with van der Waals surface area (Å²) >= 11 is 0. The molecular formula is C23H24N2. The molecule has 1 aliphatic rings. The molecule has 0 radical (unpaired) electrons. The van der Waals surface area contributed by atoms with Gasteiger partial charge in [-0.05, 0) is 30.3 Å². The fraction of sp³-hybridized carbons (Fsp3) is 0.217. The van der Waals surface area contributed by atoms with Crippen molar-refractivity contribution in [2.24, 2.45) is 0 Å². The second kappa shape index (κ2) is 7.12. The van der Waals surface area contributed by atoms with E-state index in [9.17, 15) is 0 Å². The minimum Gasteiger partial charge on any atom is -0.361 e. The van der Waals surface area contributed by atoms with Crippen LogP contribution in [0.1, 0.15) is 23.2 Å². The molecule has 2 nitrogen and oxygen atoms in total. The summed E-state index contributed by atoms with van der Waals surface area (Å²) < 4.78 is 0. The molecule has 1 saturated heterocycles. The molecule has 126 valence electrons. The lowest BCUT2D eigenvalue weighted by Crippen LogP contribution is -2.48. The van der Waals surface area contributed by atoms with Gasteiger partial charge in [0.25, 0.3) is 0 Å². The molecule has 25 heavy (non-hydrogen) atoms. The normalized spacial score (nSPS) is 21.2. The van der Waals surface area contributed by atoms with Crippen molar-refractivity contribution in [2.45, 2.75) is 12.1 Å². The lowest BCUT2D eigenvalue weighted by Gasteiger charge is -2.46. The molecule has 4 rings (SSSR count). The third-order valence-corrected chi connectivity index (χ3v) is 5.20. The van der Waals surface area contributed by atoms with Gasteiger partial charge in [-0.1, -0.05) is 78.9 Å². The molecule has 1 fully saturated rings. The summed E-state index contributed by atoms with van der Waals surface area (Å²) in [4.78, 5) is 5.06. The Hall–Kier alpha value is -2.58. The van der Waals surface area contributed by atoms with Crippen LogP contribution < -0.4 is 4.90 Å².